The summed E-state index contributed by atoms with van der Waals surface area (Å²) in [5, 5.41) is 2.70. The molecule has 24 heavy (non-hydrogen) atoms. The van der Waals surface area contributed by atoms with Gasteiger partial charge in [0, 0.05) is 44.1 Å². The van der Waals surface area contributed by atoms with Gasteiger partial charge >= 0.3 is 6.03 Å². The van der Waals surface area contributed by atoms with Crippen molar-refractivity contribution in [2.45, 2.75) is 0 Å². The summed E-state index contributed by atoms with van der Waals surface area (Å²) in [6, 6.07) is 7.28. The molecule has 2 aromatic rings. The van der Waals surface area contributed by atoms with Crippen LogP contribution in [0.5, 0.6) is 5.88 Å². The second-order valence-electron chi connectivity index (χ2n) is 5.31. The number of carbonyl (C=O) groups is 1. The fourth-order valence-electron chi connectivity index (χ4n) is 2.48. The maximum absolute atomic E-state index is 13.2. The Bertz CT molecular complexity index is 719. The third-order valence-corrected chi connectivity index (χ3v) is 3.75. The number of anilines is 2. The van der Waals surface area contributed by atoms with Crippen LogP contribution in [0.25, 0.3) is 0 Å². The van der Waals surface area contributed by atoms with Crippen molar-refractivity contribution in [3.63, 3.8) is 0 Å². The van der Waals surface area contributed by atoms with E-state index in [2.05, 4.69) is 15.3 Å². The van der Waals surface area contributed by atoms with Crippen LogP contribution in [-0.2, 0) is 0 Å². The van der Waals surface area contributed by atoms with E-state index in [0.717, 1.165) is 0 Å². The minimum Gasteiger partial charge on any atom is -0.481 e. The quantitative estimate of drug-likeness (QED) is 0.931. The van der Waals surface area contributed by atoms with Gasteiger partial charge in [0.2, 0.25) is 11.8 Å². The van der Waals surface area contributed by atoms with Crippen molar-refractivity contribution in [1.82, 2.24) is 14.9 Å². The second-order valence-corrected chi connectivity index (χ2v) is 5.31. The number of carbonyl (C=O) groups excluding carboxylic acids is 1. The summed E-state index contributed by atoms with van der Waals surface area (Å²) in [5.41, 5.74) is 0.443. The van der Waals surface area contributed by atoms with Crippen LogP contribution in [0.1, 0.15) is 0 Å². The molecule has 0 unspecified atom stereocenters. The normalized spacial score (nSPS) is 14.4. The fraction of sp³-hybridized carbons (Fsp3) is 0.312. The first-order valence-corrected chi connectivity index (χ1v) is 7.59. The Morgan fingerprint density at radius 2 is 2.04 bits per heavy atom. The molecule has 1 aliphatic rings. The standard InChI is InChI=1S/C16H18FN5O2/c1-24-14-5-6-18-15(20-14)21-7-9-22(10-8-21)16(23)19-13-4-2-3-12(17)11-13/h2-6,11H,7-10H2,1H3,(H,19,23). The van der Waals surface area contributed by atoms with Gasteiger partial charge in [-0.25, -0.2) is 14.2 Å². The van der Waals surface area contributed by atoms with Gasteiger partial charge in [-0.3, -0.25) is 0 Å². The van der Waals surface area contributed by atoms with Crippen LogP contribution in [0.15, 0.2) is 36.5 Å². The van der Waals surface area contributed by atoms with Gasteiger partial charge in [0.05, 0.1) is 7.11 Å². The van der Waals surface area contributed by atoms with Crippen molar-refractivity contribution in [1.29, 1.82) is 0 Å². The minimum absolute atomic E-state index is 0.244. The highest BCUT2D eigenvalue weighted by atomic mass is 19.1. The molecular weight excluding hydrogens is 313 g/mol. The molecule has 3 rings (SSSR count). The summed E-state index contributed by atoms with van der Waals surface area (Å²) in [7, 11) is 1.56. The van der Waals surface area contributed by atoms with Crippen LogP contribution in [0.3, 0.4) is 0 Å². The Morgan fingerprint density at radius 1 is 1.25 bits per heavy atom. The van der Waals surface area contributed by atoms with E-state index in [4.69, 9.17) is 4.74 Å². The van der Waals surface area contributed by atoms with E-state index in [1.165, 1.54) is 12.1 Å². The van der Waals surface area contributed by atoms with E-state index in [9.17, 15) is 9.18 Å². The van der Waals surface area contributed by atoms with Crippen molar-refractivity contribution >= 4 is 17.7 Å². The van der Waals surface area contributed by atoms with Gasteiger partial charge in [0.15, 0.2) is 0 Å². The van der Waals surface area contributed by atoms with Crippen LogP contribution < -0.4 is 15.0 Å². The molecule has 2 amide bonds. The zero-order valence-corrected chi connectivity index (χ0v) is 13.3. The lowest BCUT2D eigenvalue weighted by atomic mass is 10.3. The topological polar surface area (TPSA) is 70.6 Å². The predicted molar refractivity (Wildman–Crippen MR) is 87.8 cm³/mol. The van der Waals surface area contributed by atoms with Crippen molar-refractivity contribution in [2.75, 3.05) is 43.5 Å². The van der Waals surface area contributed by atoms with Gasteiger partial charge in [-0.1, -0.05) is 6.07 Å². The van der Waals surface area contributed by atoms with Crippen molar-refractivity contribution in [3.05, 3.63) is 42.3 Å². The number of nitrogens with one attached hydrogen (secondary N) is 1. The molecule has 0 radical (unpaired) electrons. The zero-order valence-electron chi connectivity index (χ0n) is 13.3. The van der Waals surface area contributed by atoms with Gasteiger partial charge in [-0.05, 0) is 18.2 Å². The molecule has 0 saturated carbocycles. The molecule has 0 atom stereocenters. The molecule has 1 saturated heterocycles. The largest absolute Gasteiger partial charge is 0.481 e. The molecule has 1 aliphatic heterocycles. The smallest absolute Gasteiger partial charge is 0.321 e. The SMILES string of the molecule is COc1ccnc(N2CCN(C(=O)Nc3cccc(F)c3)CC2)n1. The molecule has 2 heterocycles. The maximum Gasteiger partial charge on any atom is 0.321 e. The van der Waals surface area contributed by atoms with Crippen LogP contribution in [0.4, 0.5) is 20.8 Å². The van der Waals surface area contributed by atoms with E-state index >= 15 is 0 Å². The Kier molecular flexibility index (Phi) is 4.74. The summed E-state index contributed by atoms with van der Waals surface area (Å²) in [6.45, 7) is 2.29. The molecular formula is C16H18FN5O2. The van der Waals surface area contributed by atoms with Crippen molar-refractivity contribution < 1.29 is 13.9 Å². The van der Waals surface area contributed by atoms with Crippen LogP contribution in [0, 0.1) is 5.82 Å². The molecule has 0 bridgehead atoms. The van der Waals surface area contributed by atoms with Gasteiger partial charge in [0.25, 0.3) is 0 Å². The number of halogens is 1. The Morgan fingerprint density at radius 3 is 2.75 bits per heavy atom. The van der Waals surface area contributed by atoms with Crippen LogP contribution in [-0.4, -0.2) is 54.2 Å². The van der Waals surface area contributed by atoms with Gasteiger partial charge < -0.3 is 19.9 Å². The van der Waals surface area contributed by atoms with E-state index < -0.39 is 0 Å². The predicted octanol–water partition coefficient (Wildman–Crippen LogP) is 1.98. The zero-order chi connectivity index (χ0) is 16.9. The van der Waals surface area contributed by atoms with Gasteiger partial charge in [0.1, 0.15) is 5.82 Å². The van der Waals surface area contributed by atoms with Crippen molar-refractivity contribution in [3.8, 4) is 5.88 Å². The first kappa shape index (κ1) is 16.0. The van der Waals surface area contributed by atoms with Crippen molar-refractivity contribution in [2.24, 2.45) is 0 Å². The Hall–Kier alpha value is -2.90. The van der Waals surface area contributed by atoms with E-state index in [0.29, 0.717) is 43.7 Å². The average Bonchev–Trinajstić information content (AvgIpc) is 2.62. The number of aromatic nitrogens is 2. The summed E-state index contributed by atoms with van der Waals surface area (Å²) in [6.07, 6.45) is 1.64. The molecule has 8 heteroatoms. The number of ether oxygens (including phenoxy) is 1. The van der Waals surface area contributed by atoms with Gasteiger partial charge in [-0.2, -0.15) is 4.98 Å². The molecule has 126 valence electrons. The summed E-state index contributed by atoms with van der Waals surface area (Å²) in [4.78, 5) is 24.4. The Labute approximate surface area is 139 Å². The Balaban J connectivity index is 1.57. The summed E-state index contributed by atoms with van der Waals surface area (Å²) < 4.78 is 18.3. The molecule has 1 N–H and O–H groups in total. The van der Waals surface area contributed by atoms with Crippen LogP contribution >= 0.6 is 0 Å². The number of benzene rings is 1. The third-order valence-electron chi connectivity index (χ3n) is 3.75. The third kappa shape index (κ3) is 3.70. The summed E-state index contributed by atoms with van der Waals surface area (Å²) >= 11 is 0. The number of rotatable bonds is 3. The number of piperazine rings is 1. The van der Waals surface area contributed by atoms with Gasteiger partial charge in [-0.15, -0.1) is 0 Å². The molecule has 1 aromatic carbocycles. The van der Waals surface area contributed by atoms with E-state index in [1.807, 2.05) is 4.90 Å². The highest BCUT2D eigenvalue weighted by molar-refractivity contribution is 5.89. The number of nitrogens with zero attached hydrogens (tertiary/aromatic N) is 4. The second kappa shape index (κ2) is 7.12. The number of hydrogen-bond donors (Lipinski definition) is 1. The lowest BCUT2D eigenvalue weighted by molar-refractivity contribution is 0.208. The lowest BCUT2D eigenvalue weighted by Crippen LogP contribution is -2.50. The molecule has 7 nitrogen and oxygen atoms in total. The fourth-order valence-corrected chi connectivity index (χ4v) is 2.48. The highest BCUT2D eigenvalue weighted by Gasteiger charge is 2.23. The molecule has 1 fully saturated rings. The average molecular weight is 331 g/mol. The maximum atomic E-state index is 13.2. The monoisotopic (exact) mass is 331 g/mol. The number of hydrogen-bond acceptors (Lipinski definition) is 5. The molecule has 0 aliphatic carbocycles. The molecule has 1 aromatic heterocycles. The van der Waals surface area contributed by atoms with E-state index in [-0.39, 0.29) is 11.8 Å². The first-order chi connectivity index (χ1) is 11.7. The summed E-state index contributed by atoms with van der Waals surface area (Å²) in [5.74, 6) is 0.707. The van der Waals surface area contributed by atoms with Crippen LogP contribution in [0.2, 0.25) is 0 Å². The first-order valence-electron chi connectivity index (χ1n) is 7.59. The highest BCUT2D eigenvalue weighted by Crippen LogP contribution is 2.15. The number of urea groups is 1. The molecule has 0 spiro atoms. The minimum atomic E-state index is -0.382. The lowest BCUT2D eigenvalue weighted by Gasteiger charge is -2.34. The number of amides is 2. The van der Waals surface area contributed by atoms with E-state index in [1.54, 1.807) is 36.4 Å². The number of methoxy groups -OCH3 is 1.